The van der Waals surface area contributed by atoms with Gasteiger partial charge in [-0.2, -0.15) is 0 Å². The van der Waals surface area contributed by atoms with Crippen molar-refractivity contribution in [3.8, 4) is 11.1 Å². The van der Waals surface area contributed by atoms with Crippen LogP contribution in [0.4, 0.5) is 14.5 Å². The Hall–Kier alpha value is -3.36. The molecule has 2 aliphatic rings. The van der Waals surface area contributed by atoms with Gasteiger partial charge >= 0.3 is 5.97 Å². The molecule has 1 atom stereocenters. The van der Waals surface area contributed by atoms with Crippen LogP contribution in [-0.4, -0.2) is 46.2 Å². The number of piperidine rings is 1. The van der Waals surface area contributed by atoms with Crippen molar-refractivity contribution >= 4 is 11.7 Å². The Morgan fingerprint density at radius 2 is 1.71 bits per heavy atom. The molecule has 8 heteroatoms. The summed E-state index contributed by atoms with van der Waals surface area (Å²) in [5.41, 5.74) is 7.35. The molecule has 6 nitrogen and oxygen atoms in total. The molecular formula is C37H47F2N3O3. The van der Waals surface area contributed by atoms with Crippen LogP contribution in [0.25, 0.3) is 11.1 Å². The molecular weight excluding hydrogens is 572 g/mol. The lowest BCUT2D eigenvalue weighted by Crippen LogP contribution is -2.39. The fourth-order valence-corrected chi connectivity index (χ4v) is 6.74. The Balaban J connectivity index is 1.57. The number of carboxylic acids is 1. The second-order valence-corrected chi connectivity index (χ2v) is 14.6. The molecule has 45 heavy (non-hydrogen) atoms. The Bertz CT molecular complexity index is 1600. The zero-order chi connectivity index (χ0) is 32.8. The van der Waals surface area contributed by atoms with Crippen LogP contribution in [0.1, 0.15) is 92.8 Å². The third-order valence-corrected chi connectivity index (χ3v) is 9.32. The number of anilines is 1. The number of aliphatic carboxylic acids is 1. The minimum atomic E-state index is -1.17. The van der Waals surface area contributed by atoms with Gasteiger partial charge in [0.2, 0.25) is 0 Å². The quantitative estimate of drug-likeness (QED) is 0.289. The van der Waals surface area contributed by atoms with Gasteiger partial charge in [-0.25, -0.2) is 13.6 Å². The van der Waals surface area contributed by atoms with Gasteiger partial charge in [0.15, 0.2) is 6.10 Å². The zero-order valence-corrected chi connectivity index (χ0v) is 28.0. The van der Waals surface area contributed by atoms with E-state index in [-0.39, 0.29) is 17.5 Å². The zero-order valence-electron chi connectivity index (χ0n) is 28.0. The third-order valence-electron chi connectivity index (χ3n) is 9.32. The van der Waals surface area contributed by atoms with Crippen molar-refractivity contribution in [2.24, 2.45) is 5.41 Å². The monoisotopic (exact) mass is 619 g/mol. The molecule has 0 spiro atoms. The summed E-state index contributed by atoms with van der Waals surface area (Å²) in [5.74, 6) is -2.02. The molecule has 1 unspecified atom stereocenters. The summed E-state index contributed by atoms with van der Waals surface area (Å²) < 4.78 is 35.5. The number of rotatable bonds is 7. The molecule has 1 saturated heterocycles. The fraction of sp³-hybridized carbons (Fsp3) is 0.514. The van der Waals surface area contributed by atoms with Crippen molar-refractivity contribution in [2.75, 3.05) is 24.5 Å². The molecule has 0 amide bonds. The van der Waals surface area contributed by atoms with E-state index in [1.807, 2.05) is 34.6 Å². The highest BCUT2D eigenvalue weighted by Crippen LogP contribution is 2.45. The third kappa shape index (κ3) is 7.07. The summed E-state index contributed by atoms with van der Waals surface area (Å²) in [4.78, 5) is 22.1. The number of carboxylic acid groups (broad SMARTS) is 1. The van der Waals surface area contributed by atoms with Crippen LogP contribution in [0.5, 0.6) is 0 Å². The predicted molar refractivity (Wildman–Crippen MR) is 175 cm³/mol. The number of aromatic nitrogens is 1. The van der Waals surface area contributed by atoms with E-state index in [1.54, 1.807) is 6.92 Å². The van der Waals surface area contributed by atoms with Gasteiger partial charge in [-0.3, -0.25) is 9.88 Å². The first-order chi connectivity index (χ1) is 21.0. The minimum absolute atomic E-state index is 0.115. The summed E-state index contributed by atoms with van der Waals surface area (Å²) in [6, 6.07) is 9.19. The van der Waals surface area contributed by atoms with Gasteiger partial charge in [0.25, 0.3) is 0 Å². The summed E-state index contributed by atoms with van der Waals surface area (Å²) in [5, 5.41) is 10.5. The first-order valence-corrected chi connectivity index (χ1v) is 16.0. The van der Waals surface area contributed by atoms with E-state index in [1.165, 1.54) is 17.7 Å². The minimum Gasteiger partial charge on any atom is -0.479 e. The highest BCUT2D eigenvalue weighted by molar-refractivity contribution is 5.88. The van der Waals surface area contributed by atoms with Gasteiger partial charge in [0, 0.05) is 60.8 Å². The molecule has 3 heterocycles. The summed E-state index contributed by atoms with van der Waals surface area (Å²) >= 11 is 0. The van der Waals surface area contributed by atoms with E-state index < -0.39 is 29.3 Å². The Morgan fingerprint density at radius 1 is 1.02 bits per heavy atom. The maximum Gasteiger partial charge on any atom is 0.337 e. The van der Waals surface area contributed by atoms with Crippen LogP contribution in [-0.2, 0) is 29.0 Å². The predicted octanol–water partition coefficient (Wildman–Crippen LogP) is 8.08. The molecule has 2 aliphatic heterocycles. The Kier molecular flexibility index (Phi) is 9.13. The molecule has 242 valence electrons. The highest BCUT2D eigenvalue weighted by Gasteiger charge is 2.36. The van der Waals surface area contributed by atoms with Gasteiger partial charge in [-0.15, -0.1) is 0 Å². The number of nitrogens with zero attached hydrogens (tertiary/aromatic N) is 3. The summed E-state index contributed by atoms with van der Waals surface area (Å²) in [7, 11) is 0. The number of hydrogen-bond acceptors (Lipinski definition) is 5. The number of fused-ring (bicyclic) bond motifs is 1. The maximum absolute atomic E-state index is 14.8. The van der Waals surface area contributed by atoms with Crippen molar-refractivity contribution in [1.29, 1.82) is 0 Å². The molecule has 0 radical (unpaired) electrons. The molecule has 2 aromatic carbocycles. The van der Waals surface area contributed by atoms with Crippen LogP contribution in [0, 0.1) is 37.8 Å². The lowest BCUT2D eigenvalue weighted by molar-refractivity contribution is -0.160. The number of benzene rings is 2. The average molecular weight is 620 g/mol. The highest BCUT2D eigenvalue weighted by atomic mass is 19.1. The molecule has 3 aromatic rings. The van der Waals surface area contributed by atoms with Crippen LogP contribution in [0.3, 0.4) is 0 Å². The van der Waals surface area contributed by atoms with Crippen LogP contribution in [0.15, 0.2) is 30.3 Å². The van der Waals surface area contributed by atoms with Crippen LogP contribution >= 0.6 is 0 Å². The van der Waals surface area contributed by atoms with Crippen LogP contribution in [0.2, 0.25) is 0 Å². The second-order valence-electron chi connectivity index (χ2n) is 14.6. The first-order valence-electron chi connectivity index (χ1n) is 16.0. The van der Waals surface area contributed by atoms with Gasteiger partial charge in [0.05, 0.1) is 11.3 Å². The van der Waals surface area contributed by atoms with E-state index in [4.69, 9.17) is 9.72 Å². The number of carbonyl (C=O) groups is 1. The molecule has 1 aromatic heterocycles. The standard InChI is InChI=1S/C37H47F2N3O3/c1-22-9-12-29(38)28(32(22)39)21-41-16-13-25-19-26(10-11-27(25)20-41)30-23(2)40-24(3)31(34(35(43)44)45-36(4,5)6)33(30)42-17-14-37(7,8)15-18-42/h9-12,19,34H,13-18,20-21H2,1-8H3,(H,43,44). The van der Waals surface area contributed by atoms with Gasteiger partial charge < -0.3 is 14.7 Å². The lowest BCUT2D eigenvalue weighted by atomic mass is 9.81. The average Bonchev–Trinajstić information content (AvgIpc) is 2.95. The van der Waals surface area contributed by atoms with E-state index >= 15 is 0 Å². The smallest absolute Gasteiger partial charge is 0.337 e. The second kappa shape index (κ2) is 12.4. The molecule has 1 N–H and O–H groups in total. The molecule has 5 rings (SSSR count). The number of pyridine rings is 1. The fourth-order valence-electron chi connectivity index (χ4n) is 6.74. The maximum atomic E-state index is 14.8. The first kappa shape index (κ1) is 33.0. The largest absolute Gasteiger partial charge is 0.479 e. The summed E-state index contributed by atoms with van der Waals surface area (Å²) in [6.45, 7) is 18.8. The topological polar surface area (TPSA) is 65.9 Å². The van der Waals surface area contributed by atoms with E-state index in [9.17, 15) is 18.7 Å². The lowest BCUT2D eigenvalue weighted by Gasteiger charge is -2.41. The van der Waals surface area contributed by atoms with Crippen molar-refractivity contribution in [2.45, 2.75) is 99.4 Å². The van der Waals surface area contributed by atoms with Crippen LogP contribution < -0.4 is 4.90 Å². The van der Waals surface area contributed by atoms with Gasteiger partial charge in [0.1, 0.15) is 11.6 Å². The normalized spacial score (nSPS) is 17.7. The van der Waals surface area contributed by atoms with E-state index in [0.29, 0.717) is 29.9 Å². The SMILES string of the molecule is Cc1ccc(F)c(CN2CCc3cc(-c4c(C)nc(C)c(C(OC(C)(C)C)C(=O)O)c4N4CCC(C)(C)CC4)ccc3C2)c1F. The molecule has 0 bridgehead atoms. The number of ether oxygens (including phenoxy) is 1. The van der Waals surface area contributed by atoms with Crippen molar-refractivity contribution in [3.63, 3.8) is 0 Å². The van der Waals surface area contributed by atoms with Gasteiger partial charge in [-0.05, 0) is 94.5 Å². The van der Waals surface area contributed by atoms with E-state index in [0.717, 1.165) is 60.4 Å². The van der Waals surface area contributed by atoms with Gasteiger partial charge in [-0.1, -0.05) is 38.1 Å². The van der Waals surface area contributed by atoms with E-state index in [2.05, 4.69) is 41.8 Å². The number of hydrogen-bond donors (Lipinski definition) is 1. The molecule has 0 saturated carbocycles. The number of aryl methyl sites for hydroxylation is 3. The van der Waals surface area contributed by atoms with Crippen molar-refractivity contribution in [1.82, 2.24) is 9.88 Å². The van der Waals surface area contributed by atoms with Crippen molar-refractivity contribution < 1.29 is 23.4 Å². The Labute approximate surface area is 266 Å². The molecule has 0 aliphatic carbocycles. The Morgan fingerprint density at radius 3 is 2.36 bits per heavy atom. The summed E-state index contributed by atoms with van der Waals surface area (Å²) in [6.07, 6.45) is 1.55. The van der Waals surface area contributed by atoms with Crippen molar-refractivity contribution in [3.05, 3.63) is 81.2 Å². The molecule has 1 fully saturated rings. The number of halogens is 2.